The normalized spacial score (nSPS) is 11.4. The van der Waals surface area contributed by atoms with Gasteiger partial charge in [0.1, 0.15) is 0 Å². The third kappa shape index (κ3) is 2.35. The van der Waals surface area contributed by atoms with E-state index in [0.717, 1.165) is 6.08 Å². The Balaban J connectivity index is 4.21. The molecule has 0 spiro atoms. The third-order valence-corrected chi connectivity index (χ3v) is 0.830. The molecule has 0 aromatic heterocycles. The molecule has 0 rings (SSSR count). The lowest BCUT2D eigenvalue weighted by Crippen LogP contribution is -2.17. The number of carbonyl (C=O) groups excluding carboxylic acids is 2. The highest BCUT2D eigenvalue weighted by molar-refractivity contribution is 5.97. The van der Waals surface area contributed by atoms with Gasteiger partial charge in [-0.05, 0) is 12.5 Å². The van der Waals surface area contributed by atoms with E-state index in [0.29, 0.717) is 0 Å². The molecule has 1 unspecified atom stereocenters. The fraction of sp³-hybridized carbons (Fsp3) is 0.333. The summed E-state index contributed by atoms with van der Waals surface area (Å²) in [7, 11) is 0. The minimum Gasteiger partial charge on any atom is -0.365 e. The van der Waals surface area contributed by atoms with E-state index in [1.807, 2.05) is 0 Å². The lowest BCUT2D eigenvalue weighted by molar-refractivity contribution is -0.122. The van der Waals surface area contributed by atoms with Crippen LogP contribution in [0.3, 0.4) is 0 Å². The predicted molar refractivity (Wildman–Crippen MR) is 33.9 cm³/mol. The summed E-state index contributed by atoms with van der Waals surface area (Å²) in [6.07, 6.45) is -0.563. The van der Waals surface area contributed by atoms with Gasteiger partial charge in [-0.1, -0.05) is 6.58 Å². The number of Topliss-reactive ketones (excluding diaryl/α,β-unsaturated/α-hetero) is 1. The second-order valence-corrected chi connectivity index (χ2v) is 1.74. The molecule has 4 nitrogen and oxygen atoms in total. The van der Waals surface area contributed by atoms with Crippen LogP contribution in [0.15, 0.2) is 17.1 Å². The van der Waals surface area contributed by atoms with Gasteiger partial charge in [-0.25, -0.2) is 4.79 Å². The molecule has 0 heterocycles. The van der Waals surface area contributed by atoms with Crippen molar-refractivity contribution in [2.45, 2.75) is 13.2 Å². The average molecular weight is 141 g/mol. The van der Waals surface area contributed by atoms with Crippen LogP contribution in [0.2, 0.25) is 0 Å². The van der Waals surface area contributed by atoms with Crippen molar-refractivity contribution in [3.63, 3.8) is 0 Å². The number of aliphatic hydroxyl groups excluding tert-OH is 1. The summed E-state index contributed by atoms with van der Waals surface area (Å²) in [5, 5.41) is 8.65. The standard InChI is InChI=1S/C6H7NO3/c1-4(2)5(9)6(10)7-3-8/h6,10H,1H2,2H3. The van der Waals surface area contributed by atoms with E-state index in [1.165, 1.54) is 6.92 Å². The molecule has 0 saturated heterocycles. The van der Waals surface area contributed by atoms with Crippen molar-refractivity contribution < 1.29 is 14.7 Å². The number of aliphatic imine (C=N–C) groups is 1. The van der Waals surface area contributed by atoms with Gasteiger partial charge >= 0.3 is 0 Å². The second kappa shape index (κ2) is 3.71. The quantitative estimate of drug-likeness (QED) is 0.336. The minimum atomic E-state index is -1.63. The van der Waals surface area contributed by atoms with Crippen molar-refractivity contribution in [2.24, 2.45) is 4.99 Å². The molecule has 0 aliphatic carbocycles. The van der Waals surface area contributed by atoms with Gasteiger partial charge in [0.25, 0.3) is 0 Å². The van der Waals surface area contributed by atoms with Gasteiger partial charge in [-0.2, -0.15) is 4.99 Å². The Morgan fingerprint density at radius 2 is 2.30 bits per heavy atom. The van der Waals surface area contributed by atoms with Gasteiger partial charge in [0, 0.05) is 0 Å². The Kier molecular flexibility index (Phi) is 3.25. The van der Waals surface area contributed by atoms with Crippen molar-refractivity contribution in [3.05, 3.63) is 12.2 Å². The van der Waals surface area contributed by atoms with Gasteiger partial charge in [0.2, 0.25) is 18.1 Å². The summed E-state index contributed by atoms with van der Waals surface area (Å²) in [4.78, 5) is 22.9. The molecular weight excluding hydrogens is 134 g/mol. The van der Waals surface area contributed by atoms with Crippen molar-refractivity contribution in [1.82, 2.24) is 0 Å². The van der Waals surface area contributed by atoms with E-state index in [9.17, 15) is 9.59 Å². The smallest absolute Gasteiger partial charge is 0.238 e. The first-order valence-corrected chi connectivity index (χ1v) is 2.54. The molecule has 0 aromatic rings. The molecule has 1 N–H and O–H groups in total. The highest BCUT2D eigenvalue weighted by Gasteiger charge is 2.12. The van der Waals surface area contributed by atoms with Crippen LogP contribution in [0.1, 0.15) is 6.92 Å². The number of ketones is 1. The van der Waals surface area contributed by atoms with E-state index < -0.39 is 12.0 Å². The summed E-state index contributed by atoms with van der Waals surface area (Å²) in [5.74, 6) is -0.664. The van der Waals surface area contributed by atoms with Crippen LogP contribution in [0.5, 0.6) is 0 Å². The van der Waals surface area contributed by atoms with Gasteiger partial charge in [0.15, 0.2) is 0 Å². The van der Waals surface area contributed by atoms with Crippen molar-refractivity contribution in [1.29, 1.82) is 0 Å². The molecule has 0 saturated carbocycles. The molecule has 0 fully saturated rings. The van der Waals surface area contributed by atoms with Crippen molar-refractivity contribution in [2.75, 3.05) is 0 Å². The van der Waals surface area contributed by atoms with Crippen LogP contribution in [0, 0.1) is 0 Å². The number of rotatable bonds is 3. The fourth-order valence-corrected chi connectivity index (χ4v) is 0.329. The monoisotopic (exact) mass is 141 g/mol. The highest BCUT2D eigenvalue weighted by Crippen LogP contribution is 1.95. The molecule has 0 aliphatic rings. The van der Waals surface area contributed by atoms with Crippen LogP contribution in [-0.4, -0.2) is 23.2 Å². The van der Waals surface area contributed by atoms with Crippen LogP contribution in [0.25, 0.3) is 0 Å². The van der Waals surface area contributed by atoms with E-state index in [2.05, 4.69) is 11.6 Å². The zero-order chi connectivity index (χ0) is 8.15. The number of carbonyl (C=O) groups is 1. The zero-order valence-electron chi connectivity index (χ0n) is 5.50. The molecule has 0 aliphatic heterocycles. The van der Waals surface area contributed by atoms with Crippen LogP contribution in [0.4, 0.5) is 0 Å². The minimum absolute atomic E-state index is 0.159. The van der Waals surface area contributed by atoms with E-state index in [1.54, 1.807) is 0 Å². The van der Waals surface area contributed by atoms with E-state index in [4.69, 9.17) is 5.11 Å². The van der Waals surface area contributed by atoms with Crippen molar-refractivity contribution in [3.8, 4) is 0 Å². The highest BCUT2D eigenvalue weighted by atomic mass is 16.3. The molecule has 54 valence electrons. The summed E-state index contributed by atoms with van der Waals surface area (Å²) in [6.45, 7) is 4.68. The predicted octanol–water partition coefficient (Wildman–Crippen LogP) is -0.214. The Bertz CT molecular complexity index is 203. The molecule has 0 radical (unpaired) electrons. The number of isocyanates is 1. The number of hydrogen-bond acceptors (Lipinski definition) is 4. The average Bonchev–Trinajstić information content (AvgIpc) is 1.87. The first-order chi connectivity index (χ1) is 4.59. The second-order valence-electron chi connectivity index (χ2n) is 1.74. The maximum Gasteiger partial charge on any atom is 0.238 e. The maximum absolute atomic E-state index is 10.6. The Hall–Kier alpha value is -1.25. The summed E-state index contributed by atoms with van der Waals surface area (Å²) in [6, 6.07) is 0. The van der Waals surface area contributed by atoms with Crippen LogP contribution >= 0.6 is 0 Å². The lowest BCUT2D eigenvalue weighted by Gasteiger charge is -1.98. The largest absolute Gasteiger partial charge is 0.365 e. The van der Waals surface area contributed by atoms with E-state index in [-0.39, 0.29) is 5.57 Å². The first-order valence-electron chi connectivity index (χ1n) is 2.54. The molecule has 0 amide bonds. The van der Waals surface area contributed by atoms with Gasteiger partial charge < -0.3 is 5.11 Å². The third-order valence-electron chi connectivity index (χ3n) is 0.830. The molecule has 0 bridgehead atoms. The number of nitrogens with zero attached hydrogens (tertiary/aromatic N) is 1. The van der Waals surface area contributed by atoms with Crippen LogP contribution < -0.4 is 0 Å². The van der Waals surface area contributed by atoms with Crippen LogP contribution in [-0.2, 0) is 9.59 Å². The molecule has 10 heavy (non-hydrogen) atoms. The van der Waals surface area contributed by atoms with Crippen molar-refractivity contribution >= 4 is 11.9 Å². The molecular formula is C6H7NO3. The Morgan fingerprint density at radius 3 is 2.60 bits per heavy atom. The summed E-state index contributed by atoms with van der Waals surface area (Å²) in [5.41, 5.74) is 0.159. The number of aliphatic hydroxyl groups is 1. The lowest BCUT2D eigenvalue weighted by atomic mass is 10.2. The number of hydrogen-bond donors (Lipinski definition) is 1. The summed E-state index contributed by atoms with van der Waals surface area (Å²) >= 11 is 0. The Labute approximate surface area is 57.9 Å². The summed E-state index contributed by atoms with van der Waals surface area (Å²) < 4.78 is 0. The SMILES string of the molecule is C=C(C)C(=O)C(O)N=C=O. The van der Waals surface area contributed by atoms with Gasteiger partial charge in [-0.3, -0.25) is 4.79 Å². The first kappa shape index (κ1) is 8.75. The maximum atomic E-state index is 10.6. The zero-order valence-corrected chi connectivity index (χ0v) is 5.50. The van der Waals surface area contributed by atoms with Gasteiger partial charge in [0.05, 0.1) is 0 Å². The van der Waals surface area contributed by atoms with E-state index >= 15 is 0 Å². The fourth-order valence-electron chi connectivity index (χ4n) is 0.329. The van der Waals surface area contributed by atoms with Gasteiger partial charge in [-0.15, -0.1) is 0 Å². The topological polar surface area (TPSA) is 66.7 Å². The molecule has 1 atom stereocenters. The molecule has 0 aromatic carbocycles. The Morgan fingerprint density at radius 1 is 1.80 bits per heavy atom. The molecule has 4 heteroatoms.